The molecular formula is C20H18F5N5O4S. The van der Waals surface area contributed by atoms with Gasteiger partial charge in [0.2, 0.25) is 5.95 Å². The molecule has 35 heavy (non-hydrogen) atoms. The van der Waals surface area contributed by atoms with Crippen LogP contribution in [0.25, 0.3) is 11.0 Å². The fourth-order valence-corrected chi connectivity index (χ4v) is 5.36. The normalized spacial score (nSPS) is 18.4. The lowest BCUT2D eigenvalue weighted by atomic mass is 10.1. The third-order valence-corrected chi connectivity index (χ3v) is 7.10. The van der Waals surface area contributed by atoms with E-state index in [2.05, 4.69) is 20.6 Å². The van der Waals surface area contributed by atoms with Crippen molar-refractivity contribution in [3.63, 3.8) is 0 Å². The van der Waals surface area contributed by atoms with E-state index < -0.39 is 51.1 Å². The molecule has 1 aliphatic rings. The van der Waals surface area contributed by atoms with Crippen molar-refractivity contribution in [3.8, 4) is 0 Å². The van der Waals surface area contributed by atoms with E-state index >= 15 is 0 Å². The molecule has 3 aromatic rings. The maximum Gasteiger partial charge on any atom is 0.416 e. The van der Waals surface area contributed by atoms with Crippen molar-refractivity contribution in [3.05, 3.63) is 47.5 Å². The van der Waals surface area contributed by atoms with Crippen molar-refractivity contribution in [1.29, 1.82) is 0 Å². The van der Waals surface area contributed by atoms with Gasteiger partial charge in [-0.05, 0) is 19.4 Å². The quantitative estimate of drug-likeness (QED) is 0.438. The molecule has 1 aromatic carbocycles. The molecule has 0 bridgehead atoms. The molecule has 0 saturated carbocycles. The number of hydrogen-bond acceptors (Lipinski definition) is 7. The molecule has 1 unspecified atom stereocenters. The van der Waals surface area contributed by atoms with E-state index in [0.29, 0.717) is 12.5 Å². The number of hydrogen-bond donors (Lipinski definition) is 3. The number of benzene rings is 1. The van der Waals surface area contributed by atoms with E-state index in [1.54, 1.807) is 5.32 Å². The van der Waals surface area contributed by atoms with Crippen LogP contribution >= 0.6 is 0 Å². The van der Waals surface area contributed by atoms with Gasteiger partial charge in [-0.1, -0.05) is 0 Å². The minimum atomic E-state index is -5.03. The summed E-state index contributed by atoms with van der Waals surface area (Å²) in [7, 11) is -3.12. The molecule has 15 heteroatoms. The smallest absolute Gasteiger partial charge is 0.416 e. The summed E-state index contributed by atoms with van der Waals surface area (Å²) in [5.41, 5.74) is -0.807. The molecule has 188 valence electrons. The summed E-state index contributed by atoms with van der Waals surface area (Å²) in [6.07, 6.45) is -2.42. The Balaban J connectivity index is 1.48. The van der Waals surface area contributed by atoms with Gasteiger partial charge in [-0.2, -0.15) is 13.2 Å². The van der Waals surface area contributed by atoms with E-state index in [0.717, 1.165) is 18.5 Å². The van der Waals surface area contributed by atoms with Crippen molar-refractivity contribution in [2.24, 2.45) is 0 Å². The van der Waals surface area contributed by atoms with E-state index in [1.165, 1.54) is 6.92 Å². The second-order valence-electron chi connectivity index (χ2n) is 7.97. The highest BCUT2D eigenvalue weighted by Gasteiger charge is 2.45. The van der Waals surface area contributed by atoms with Crippen molar-refractivity contribution in [2.75, 3.05) is 22.1 Å². The molecule has 9 nitrogen and oxygen atoms in total. The Morgan fingerprint density at radius 3 is 2.49 bits per heavy atom. The van der Waals surface area contributed by atoms with Gasteiger partial charge in [0.1, 0.15) is 11.6 Å². The lowest BCUT2D eigenvalue weighted by molar-refractivity contribution is -0.158. The van der Waals surface area contributed by atoms with Crippen LogP contribution in [0.3, 0.4) is 0 Å². The Morgan fingerprint density at radius 1 is 1.20 bits per heavy atom. The topological polar surface area (TPSA) is 126 Å². The number of sulfone groups is 1. The Morgan fingerprint density at radius 2 is 1.89 bits per heavy atom. The second kappa shape index (κ2) is 8.94. The summed E-state index contributed by atoms with van der Waals surface area (Å²) < 4.78 is 96.8. The van der Waals surface area contributed by atoms with Crippen LogP contribution in [0.2, 0.25) is 0 Å². The summed E-state index contributed by atoms with van der Waals surface area (Å²) in [5.74, 6) is -2.92. The Hall–Kier alpha value is -3.49. The minimum absolute atomic E-state index is 0.0388. The largest absolute Gasteiger partial charge is 0.455 e. The molecule has 0 radical (unpaired) electrons. The zero-order valence-electron chi connectivity index (χ0n) is 17.9. The van der Waals surface area contributed by atoms with Gasteiger partial charge in [-0.25, -0.2) is 32.0 Å². The minimum Gasteiger partial charge on any atom is -0.455 e. The monoisotopic (exact) mass is 519 g/mol. The van der Waals surface area contributed by atoms with Gasteiger partial charge >= 0.3 is 12.2 Å². The molecule has 1 aliphatic heterocycles. The average molecular weight is 519 g/mol. The molecule has 0 spiro atoms. The highest BCUT2D eigenvalue weighted by atomic mass is 32.2. The van der Waals surface area contributed by atoms with Crippen LogP contribution < -0.4 is 16.0 Å². The van der Waals surface area contributed by atoms with Crippen LogP contribution in [0.4, 0.5) is 38.4 Å². The molecule has 2 amide bonds. The molecule has 2 aromatic heterocycles. The van der Waals surface area contributed by atoms with Crippen LogP contribution in [-0.2, 0) is 9.84 Å². The summed E-state index contributed by atoms with van der Waals surface area (Å²) >= 11 is 0. The first-order chi connectivity index (χ1) is 16.3. The predicted molar refractivity (Wildman–Crippen MR) is 115 cm³/mol. The summed E-state index contributed by atoms with van der Waals surface area (Å²) in [6, 6.07) is -3.02. The maximum atomic E-state index is 14.0. The van der Waals surface area contributed by atoms with Crippen LogP contribution in [0.5, 0.6) is 0 Å². The zero-order valence-corrected chi connectivity index (χ0v) is 18.7. The Labute approximate surface area is 195 Å². The van der Waals surface area contributed by atoms with Crippen molar-refractivity contribution in [2.45, 2.75) is 31.6 Å². The standard InChI is InChI=1S/C20H18F5N5O4S/c1-9-13-4-10(21)5-14(22)16(13)34-15(9)17(20(23,24)25)30-19(31)29-12-6-26-18(27-7-12)28-11-2-3-35(32,33)8-11/h4-7,11,17H,2-3,8H2,1H3,(H,26,27,28)(H2,29,30,31)/t11?,17-/m1/s1. The number of aromatic nitrogens is 2. The number of aryl methyl sites for hydroxylation is 1. The zero-order chi connectivity index (χ0) is 25.5. The lowest BCUT2D eigenvalue weighted by Crippen LogP contribution is -2.40. The van der Waals surface area contributed by atoms with Gasteiger partial charge < -0.3 is 20.4 Å². The van der Waals surface area contributed by atoms with Gasteiger partial charge in [-0.3, -0.25) is 0 Å². The first-order valence-electron chi connectivity index (χ1n) is 10.1. The molecule has 2 atom stereocenters. The number of alkyl halides is 3. The highest BCUT2D eigenvalue weighted by molar-refractivity contribution is 7.91. The molecule has 3 N–H and O–H groups in total. The van der Waals surface area contributed by atoms with Crippen LogP contribution in [0.15, 0.2) is 28.9 Å². The molecule has 1 fully saturated rings. The molecule has 3 heterocycles. The van der Waals surface area contributed by atoms with E-state index in [9.17, 15) is 35.2 Å². The van der Waals surface area contributed by atoms with Crippen molar-refractivity contribution >= 4 is 38.5 Å². The number of fused-ring (bicyclic) bond motifs is 1. The number of nitrogens with zero attached hydrogens (tertiary/aromatic N) is 2. The van der Waals surface area contributed by atoms with Gasteiger partial charge in [-0.15, -0.1) is 0 Å². The number of carbonyl (C=O) groups is 1. The molecular weight excluding hydrogens is 501 g/mol. The molecule has 1 saturated heterocycles. The summed E-state index contributed by atoms with van der Waals surface area (Å²) in [5, 5.41) is 6.50. The van der Waals surface area contributed by atoms with Gasteiger partial charge in [0, 0.05) is 23.1 Å². The Bertz CT molecular complexity index is 1380. The number of anilines is 2. The third-order valence-electron chi connectivity index (χ3n) is 5.33. The average Bonchev–Trinajstić information content (AvgIpc) is 3.26. The number of halogens is 5. The number of nitrogens with one attached hydrogen (secondary N) is 3. The van der Waals surface area contributed by atoms with E-state index in [-0.39, 0.29) is 40.1 Å². The van der Waals surface area contributed by atoms with Gasteiger partial charge in [0.25, 0.3) is 0 Å². The van der Waals surface area contributed by atoms with Gasteiger partial charge in [0.15, 0.2) is 27.3 Å². The lowest BCUT2D eigenvalue weighted by Gasteiger charge is -2.20. The predicted octanol–water partition coefficient (Wildman–Crippen LogP) is 3.83. The van der Waals surface area contributed by atoms with Crippen molar-refractivity contribution in [1.82, 2.24) is 15.3 Å². The second-order valence-corrected chi connectivity index (χ2v) is 10.2. The Kier molecular flexibility index (Phi) is 6.29. The van der Waals surface area contributed by atoms with E-state index in [1.807, 2.05) is 0 Å². The third kappa shape index (κ3) is 5.44. The molecule has 0 aliphatic carbocycles. The fourth-order valence-electron chi connectivity index (χ4n) is 3.69. The number of furan rings is 1. The SMILES string of the molecule is Cc1c([C@@H](NC(=O)Nc2cnc(NC3CCS(=O)(=O)C3)nc2)C(F)(F)F)oc2c(F)cc(F)cc12. The van der Waals surface area contributed by atoms with Crippen LogP contribution in [0, 0.1) is 18.6 Å². The highest BCUT2D eigenvalue weighted by Crippen LogP contribution is 2.39. The molecule has 4 rings (SSSR count). The number of amides is 2. The number of urea groups is 1. The van der Waals surface area contributed by atoms with Crippen molar-refractivity contribution < 1.29 is 39.6 Å². The first-order valence-corrected chi connectivity index (χ1v) is 12.0. The van der Waals surface area contributed by atoms with Gasteiger partial charge in [0.05, 0.1) is 29.6 Å². The number of rotatable bonds is 5. The van der Waals surface area contributed by atoms with Crippen LogP contribution in [-0.4, -0.2) is 48.1 Å². The van der Waals surface area contributed by atoms with Crippen LogP contribution in [0.1, 0.15) is 23.8 Å². The number of carbonyl (C=O) groups excluding carboxylic acids is 1. The maximum absolute atomic E-state index is 14.0. The summed E-state index contributed by atoms with van der Waals surface area (Å²) in [4.78, 5) is 20.1. The summed E-state index contributed by atoms with van der Waals surface area (Å²) in [6.45, 7) is 1.19. The first kappa shape index (κ1) is 24.6. The van der Waals surface area contributed by atoms with E-state index in [4.69, 9.17) is 4.42 Å². The fraction of sp³-hybridized carbons (Fsp3) is 0.350.